The molecule has 2 atom stereocenters. The second kappa shape index (κ2) is 9.20. The second-order valence-electron chi connectivity index (χ2n) is 7.48. The molecule has 5 nitrogen and oxygen atoms in total. The van der Waals surface area contributed by atoms with E-state index in [2.05, 4.69) is 15.0 Å². The van der Waals surface area contributed by atoms with E-state index in [9.17, 15) is 22.7 Å². The molecule has 0 saturated carbocycles. The second-order valence-corrected chi connectivity index (χ2v) is 7.48. The van der Waals surface area contributed by atoms with Crippen LogP contribution in [0.25, 0.3) is 10.9 Å². The van der Waals surface area contributed by atoms with Crippen LogP contribution in [0.3, 0.4) is 0 Å². The zero-order valence-corrected chi connectivity index (χ0v) is 17.8. The molecule has 32 heavy (non-hydrogen) atoms. The van der Waals surface area contributed by atoms with E-state index in [1.54, 1.807) is 26.0 Å². The highest BCUT2D eigenvalue weighted by molar-refractivity contribution is 5.91. The van der Waals surface area contributed by atoms with Crippen LogP contribution in [0.5, 0.6) is 5.75 Å². The summed E-state index contributed by atoms with van der Waals surface area (Å²) in [6.45, 7) is 3.36. The minimum Gasteiger partial charge on any atom is -0.493 e. The number of para-hydroxylation sites is 1. The van der Waals surface area contributed by atoms with E-state index in [1.165, 1.54) is 31.5 Å². The molecular weight excluding hydrogens is 426 g/mol. The molecule has 1 aromatic heterocycles. The van der Waals surface area contributed by atoms with Crippen LogP contribution >= 0.6 is 0 Å². The van der Waals surface area contributed by atoms with E-state index in [0.29, 0.717) is 22.9 Å². The number of alkyl halides is 3. The predicted octanol–water partition coefficient (Wildman–Crippen LogP) is 5.67. The first-order valence-electron chi connectivity index (χ1n) is 9.98. The maximum atomic E-state index is 14.1. The molecule has 0 aliphatic rings. The molecule has 0 radical (unpaired) electrons. The lowest BCUT2D eigenvalue weighted by molar-refractivity contribution is -0.232. The van der Waals surface area contributed by atoms with Crippen LogP contribution in [-0.4, -0.2) is 40.2 Å². The van der Waals surface area contributed by atoms with E-state index in [4.69, 9.17) is 4.74 Å². The highest BCUT2D eigenvalue weighted by Crippen LogP contribution is 2.42. The maximum Gasteiger partial charge on any atom is 0.422 e. The van der Waals surface area contributed by atoms with Crippen LogP contribution in [-0.2, 0) is 0 Å². The van der Waals surface area contributed by atoms with Crippen LogP contribution in [0.1, 0.15) is 37.1 Å². The van der Waals surface area contributed by atoms with E-state index in [-0.39, 0.29) is 23.4 Å². The number of aryl methyl sites for hydroxylation is 1. The third-order valence-corrected chi connectivity index (χ3v) is 5.32. The molecule has 3 rings (SSSR count). The van der Waals surface area contributed by atoms with E-state index in [1.807, 2.05) is 0 Å². The van der Waals surface area contributed by atoms with Crippen molar-refractivity contribution in [3.63, 3.8) is 0 Å². The summed E-state index contributed by atoms with van der Waals surface area (Å²) >= 11 is 0. The summed E-state index contributed by atoms with van der Waals surface area (Å²) in [5.41, 5.74) is -2.28. The molecule has 9 heteroatoms. The summed E-state index contributed by atoms with van der Waals surface area (Å²) in [6, 6.07) is 8.88. The van der Waals surface area contributed by atoms with Gasteiger partial charge in [-0.1, -0.05) is 25.1 Å². The van der Waals surface area contributed by atoms with E-state index >= 15 is 0 Å². The highest BCUT2D eigenvalue weighted by Gasteiger charge is 2.53. The van der Waals surface area contributed by atoms with Gasteiger partial charge < -0.3 is 9.84 Å². The first-order chi connectivity index (χ1) is 15.1. The molecule has 0 bridgehead atoms. The first kappa shape index (κ1) is 23.6. The van der Waals surface area contributed by atoms with Gasteiger partial charge in [0.1, 0.15) is 5.82 Å². The van der Waals surface area contributed by atoms with Crippen molar-refractivity contribution in [2.45, 2.75) is 44.4 Å². The van der Waals surface area contributed by atoms with Gasteiger partial charge in [0.05, 0.1) is 18.3 Å². The van der Waals surface area contributed by atoms with Gasteiger partial charge in [-0.25, -0.2) is 14.4 Å². The number of halogens is 4. The number of methoxy groups -OCH3 is 1. The third-order valence-electron chi connectivity index (χ3n) is 5.32. The molecule has 0 spiro atoms. The summed E-state index contributed by atoms with van der Waals surface area (Å²) in [5.74, 6) is -1.14. The Balaban J connectivity index is 2.02. The molecule has 2 unspecified atom stereocenters. The van der Waals surface area contributed by atoms with Gasteiger partial charge in [-0.2, -0.15) is 13.2 Å². The van der Waals surface area contributed by atoms with Gasteiger partial charge >= 0.3 is 6.18 Å². The van der Waals surface area contributed by atoms with Crippen molar-refractivity contribution < 1.29 is 27.4 Å². The molecule has 0 amide bonds. The Hall–Kier alpha value is -3.07. The largest absolute Gasteiger partial charge is 0.493 e. The van der Waals surface area contributed by atoms with Gasteiger partial charge in [0.25, 0.3) is 0 Å². The molecule has 1 N–H and O–H groups in total. The molecule has 2 aromatic carbocycles. The van der Waals surface area contributed by atoms with E-state index in [0.717, 1.165) is 6.07 Å². The van der Waals surface area contributed by atoms with Crippen molar-refractivity contribution in [2.24, 2.45) is 4.99 Å². The molecule has 0 aliphatic heterocycles. The van der Waals surface area contributed by atoms with Crippen LogP contribution in [0.2, 0.25) is 0 Å². The Morgan fingerprint density at radius 3 is 2.56 bits per heavy atom. The Kier molecular flexibility index (Phi) is 6.78. The molecule has 170 valence electrons. The third kappa shape index (κ3) is 4.72. The standard InChI is InChI=1S/C23H23F4N3O2/c1-4-15(16-7-5-8-18(24)21(16)32-3)11-22(31,23(25,26)27)13-29-19-9-6-10-20-17(19)12-28-14(2)30-20/h5-10,12-13,15,31H,4,11H2,1-3H3/b29-13-. The number of aliphatic imine (C=N–C) groups is 1. The monoisotopic (exact) mass is 449 g/mol. The molecule has 0 saturated heterocycles. The fourth-order valence-corrected chi connectivity index (χ4v) is 3.57. The summed E-state index contributed by atoms with van der Waals surface area (Å²) < 4.78 is 61.1. The van der Waals surface area contributed by atoms with Crippen molar-refractivity contribution in [2.75, 3.05) is 7.11 Å². The zero-order chi connectivity index (χ0) is 23.5. The number of ether oxygens (including phenoxy) is 1. The lowest BCUT2D eigenvalue weighted by Gasteiger charge is -2.31. The van der Waals surface area contributed by atoms with Crippen LogP contribution in [0.4, 0.5) is 23.2 Å². The van der Waals surface area contributed by atoms with Gasteiger partial charge in [0, 0.05) is 23.4 Å². The number of hydrogen-bond acceptors (Lipinski definition) is 5. The number of aliphatic hydroxyl groups is 1. The van der Waals surface area contributed by atoms with Crippen molar-refractivity contribution >= 4 is 22.8 Å². The van der Waals surface area contributed by atoms with Crippen molar-refractivity contribution in [1.82, 2.24) is 9.97 Å². The van der Waals surface area contributed by atoms with Gasteiger partial charge in [0.2, 0.25) is 0 Å². The van der Waals surface area contributed by atoms with Crippen molar-refractivity contribution in [3.8, 4) is 5.75 Å². The van der Waals surface area contributed by atoms with Crippen LogP contribution in [0, 0.1) is 12.7 Å². The summed E-state index contributed by atoms with van der Waals surface area (Å²) in [5, 5.41) is 11.1. The first-order valence-corrected chi connectivity index (χ1v) is 9.98. The number of rotatable bonds is 7. The summed E-state index contributed by atoms with van der Waals surface area (Å²) in [4.78, 5) is 12.3. The highest BCUT2D eigenvalue weighted by atomic mass is 19.4. The Morgan fingerprint density at radius 1 is 1.19 bits per heavy atom. The fourth-order valence-electron chi connectivity index (χ4n) is 3.57. The lowest BCUT2D eigenvalue weighted by Crippen LogP contribution is -2.47. The van der Waals surface area contributed by atoms with Gasteiger partial charge in [-0.15, -0.1) is 0 Å². The van der Waals surface area contributed by atoms with Crippen LogP contribution < -0.4 is 4.74 Å². The van der Waals surface area contributed by atoms with Crippen LogP contribution in [0.15, 0.2) is 47.6 Å². The molecular formula is C23H23F4N3O2. The Morgan fingerprint density at radius 2 is 1.91 bits per heavy atom. The molecule has 0 aliphatic carbocycles. The van der Waals surface area contributed by atoms with Crippen molar-refractivity contribution in [1.29, 1.82) is 0 Å². The van der Waals surface area contributed by atoms with Crippen molar-refractivity contribution in [3.05, 3.63) is 59.8 Å². The number of hydrogen-bond donors (Lipinski definition) is 1. The number of fused-ring (bicyclic) bond motifs is 1. The predicted molar refractivity (Wildman–Crippen MR) is 114 cm³/mol. The smallest absolute Gasteiger partial charge is 0.422 e. The molecule has 1 heterocycles. The minimum atomic E-state index is -5.01. The lowest BCUT2D eigenvalue weighted by atomic mass is 9.84. The maximum absolute atomic E-state index is 14.1. The van der Waals surface area contributed by atoms with Gasteiger partial charge in [0.15, 0.2) is 17.2 Å². The fraction of sp³-hybridized carbons (Fsp3) is 0.348. The summed E-state index contributed by atoms with van der Waals surface area (Å²) in [6.07, 6.45) is -3.58. The minimum absolute atomic E-state index is 0.137. The van der Waals surface area contributed by atoms with Gasteiger partial charge in [-0.05, 0) is 43.9 Å². The SMILES string of the molecule is CCC(CC(O)(/C=N\c1cccc2nc(C)ncc12)C(F)(F)F)c1cccc(F)c1OC. The zero-order valence-electron chi connectivity index (χ0n) is 17.8. The average molecular weight is 449 g/mol. The quantitative estimate of drug-likeness (QED) is 0.373. The van der Waals surface area contributed by atoms with Gasteiger partial charge in [-0.3, -0.25) is 4.99 Å². The number of aromatic nitrogens is 2. The topological polar surface area (TPSA) is 67.6 Å². The normalized spacial score (nSPS) is 15.1. The Bertz CT molecular complexity index is 1130. The number of nitrogens with zero attached hydrogens (tertiary/aromatic N) is 3. The molecule has 0 fully saturated rings. The average Bonchev–Trinajstić information content (AvgIpc) is 2.74. The molecule has 3 aromatic rings. The number of benzene rings is 2. The van der Waals surface area contributed by atoms with E-state index < -0.39 is 29.9 Å². The summed E-state index contributed by atoms with van der Waals surface area (Å²) in [7, 11) is 1.25. The Labute approximate surface area is 182 Å².